The largest absolute Gasteiger partial charge is 0.341 e. The number of rotatable bonds is 3. The van der Waals surface area contributed by atoms with Gasteiger partial charge in [0.25, 0.3) is 0 Å². The highest BCUT2D eigenvalue weighted by molar-refractivity contribution is 5.85. The molecule has 1 rings (SSSR count). The van der Waals surface area contributed by atoms with Crippen LogP contribution >= 0.6 is 0 Å². The van der Waals surface area contributed by atoms with Crippen molar-refractivity contribution in [3.63, 3.8) is 0 Å². The van der Waals surface area contributed by atoms with Crippen LogP contribution in [-0.2, 0) is 4.79 Å². The van der Waals surface area contributed by atoms with Crippen LogP contribution in [0.5, 0.6) is 0 Å². The van der Waals surface area contributed by atoms with Crippen molar-refractivity contribution in [3.8, 4) is 0 Å². The minimum Gasteiger partial charge on any atom is -0.341 e. The lowest BCUT2D eigenvalue weighted by Gasteiger charge is -2.37. The van der Waals surface area contributed by atoms with Gasteiger partial charge >= 0.3 is 0 Å². The van der Waals surface area contributed by atoms with Crippen LogP contribution in [0.2, 0.25) is 0 Å². The van der Waals surface area contributed by atoms with Gasteiger partial charge in [0, 0.05) is 13.1 Å². The van der Waals surface area contributed by atoms with Gasteiger partial charge in [0.15, 0.2) is 0 Å². The molecular weight excluding hydrogens is 200 g/mol. The van der Waals surface area contributed by atoms with E-state index in [1.165, 1.54) is 12.8 Å². The first kappa shape index (κ1) is 13.5. The summed E-state index contributed by atoms with van der Waals surface area (Å²) >= 11 is 0. The number of carbonyl (C=O) groups is 1. The molecule has 94 valence electrons. The minimum atomic E-state index is -0.697. The van der Waals surface area contributed by atoms with Gasteiger partial charge in [0.1, 0.15) is 0 Å². The predicted molar refractivity (Wildman–Crippen MR) is 67.1 cm³/mol. The van der Waals surface area contributed by atoms with Crippen LogP contribution in [0.3, 0.4) is 0 Å². The van der Waals surface area contributed by atoms with Crippen LogP contribution in [0, 0.1) is 5.92 Å². The zero-order valence-corrected chi connectivity index (χ0v) is 11.1. The van der Waals surface area contributed by atoms with Gasteiger partial charge in [-0.3, -0.25) is 4.79 Å². The zero-order valence-electron chi connectivity index (χ0n) is 11.1. The van der Waals surface area contributed by atoms with Crippen LogP contribution in [0.25, 0.3) is 0 Å². The Labute approximate surface area is 99.4 Å². The van der Waals surface area contributed by atoms with E-state index >= 15 is 0 Å². The Balaban J connectivity index is 2.57. The average Bonchev–Trinajstić information content (AvgIpc) is 2.28. The summed E-state index contributed by atoms with van der Waals surface area (Å²) in [6.07, 6.45) is 5.41. The Bertz CT molecular complexity index is 242. The maximum atomic E-state index is 12.2. The van der Waals surface area contributed by atoms with Crippen molar-refractivity contribution in [3.05, 3.63) is 0 Å². The SMILES string of the molecule is CCC(C)(N)C(=O)N(C)C1CCC(C)CC1. The Hall–Kier alpha value is -0.570. The third-order valence-electron chi connectivity index (χ3n) is 4.08. The lowest BCUT2D eigenvalue weighted by atomic mass is 9.86. The zero-order chi connectivity index (χ0) is 12.3. The fraction of sp³-hybridized carbons (Fsp3) is 0.923. The molecule has 1 saturated carbocycles. The highest BCUT2D eigenvalue weighted by atomic mass is 16.2. The molecule has 0 spiro atoms. The molecule has 3 nitrogen and oxygen atoms in total. The van der Waals surface area contributed by atoms with Gasteiger partial charge in [-0.15, -0.1) is 0 Å². The normalized spacial score (nSPS) is 29.6. The van der Waals surface area contributed by atoms with E-state index in [0.29, 0.717) is 12.5 Å². The molecular formula is C13H26N2O. The monoisotopic (exact) mass is 226 g/mol. The molecule has 16 heavy (non-hydrogen) atoms. The molecule has 0 bridgehead atoms. The first-order valence-electron chi connectivity index (χ1n) is 6.44. The molecule has 1 aliphatic rings. The highest BCUT2D eigenvalue weighted by Gasteiger charge is 2.33. The molecule has 3 heteroatoms. The third-order valence-corrected chi connectivity index (χ3v) is 4.08. The topological polar surface area (TPSA) is 46.3 Å². The molecule has 1 aliphatic carbocycles. The van der Waals surface area contributed by atoms with Crippen LogP contribution in [-0.4, -0.2) is 29.4 Å². The second-order valence-electron chi connectivity index (χ2n) is 5.60. The highest BCUT2D eigenvalue weighted by Crippen LogP contribution is 2.27. The Morgan fingerprint density at radius 3 is 2.31 bits per heavy atom. The summed E-state index contributed by atoms with van der Waals surface area (Å²) in [7, 11) is 1.91. The summed E-state index contributed by atoms with van der Waals surface area (Å²) in [5.74, 6) is 0.907. The molecule has 0 heterocycles. The van der Waals surface area contributed by atoms with Gasteiger partial charge in [-0.05, 0) is 44.9 Å². The van der Waals surface area contributed by atoms with Crippen molar-refractivity contribution in [1.82, 2.24) is 4.90 Å². The van der Waals surface area contributed by atoms with E-state index in [-0.39, 0.29) is 5.91 Å². The number of hydrogen-bond donors (Lipinski definition) is 1. The number of carbonyl (C=O) groups excluding carboxylic acids is 1. The number of amides is 1. The Morgan fingerprint density at radius 2 is 1.88 bits per heavy atom. The number of hydrogen-bond acceptors (Lipinski definition) is 2. The predicted octanol–water partition coefficient (Wildman–Crippen LogP) is 2.15. The molecule has 0 aliphatic heterocycles. The molecule has 0 saturated heterocycles. The number of nitrogens with zero attached hydrogens (tertiary/aromatic N) is 1. The van der Waals surface area contributed by atoms with E-state index in [2.05, 4.69) is 6.92 Å². The van der Waals surface area contributed by atoms with E-state index in [0.717, 1.165) is 18.8 Å². The van der Waals surface area contributed by atoms with Crippen molar-refractivity contribution in [2.45, 2.75) is 64.5 Å². The van der Waals surface area contributed by atoms with E-state index in [9.17, 15) is 4.79 Å². The van der Waals surface area contributed by atoms with Gasteiger partial charge in [-0.25, -0.2) is 0 Å². The summed E-state index contributed by atoms with van der Waals surface area (Å²) in [6.45, 7) is 6.09. The number of likely N-dealkylation sites (N-methyl/N-ethyl adjacent to an activating group) is 1. The second-order valence-corrected chi connectivity index (χ2v) is 5.60. The molecule has 1 unspecified atom stereocenters. The van der Waals surface area contributed by atoms with Gasteiger partial charge in [-0.1, -0.05) is 13.8 Å². The maximum Gasteiger partial charge on any atom is 0.242 e. The van der Waals surface area contributed by atoms with E-state index in [4.69, 9.17) is 5.73 Å². The molecule has 1 fully saturated rings. The van der Waals surface area contributed by atoms with Crippen molar-refractivity contribution in [2.75, 3.05) is 7.05 Å². The van der Waals surface area contributed by atoms with Crippen molar-refractivity contribution in [2.24, 2.45) is 11.7 Å². The number of nitrogens with two attached hydrogens (primary N) is 1. The van der Waals surface area contributed by atoms with Crippen LogP contribution in [0.1, 0.15) is 52.9 Å². The van der Waals surface area contributed by atoms with Crippen molar-refractivity contribution in [1.29, 1.82) is 0 Å². The molecule has 1 amide bonds. The van der Waals surface area contributed by atoms with Gasteiger partial charge in [0.2, 0.25) is 5.91 Å². The molecule has 0 aromatic carbocycles. The third kappa shape index (κ3) is 2.97. The van der Waals surface area contributed by atoms with Gasteiger partial charge in [0.05, 0.1) is 5.54 Å². The average molecular weight is 226 g/mol. The summed E-state index contributed by atoms with van der Waals surface area (Å²) in [6, 6.07) is 0.401. The van der Waals surface area contributed by atoms with Crippen molar-refractivity contribution >= 4 is 5.91 Å². The minimum absolute atomic E-state index is 0.0922. The van der Waals surface area contributed by atoms with Gasteiger partial charge < -0.3 is 10.6 Å². The Morgan fingerprint density at radius 1 is 1.38 bits per heavy atom. The first-order valence-corrected chi connectivity index (χ1v) is 6.44. The smallest absolute Gasteiger partial charge is 0.242 e. The summed E-state index contributed by atoms with van der Waals surface area (Å²) in [5.41, 5.74) is 5.31. The lowest BCUT2D eigenvalue weighted by Crippen LogP contribution is -2.54. The quantitative estimate of drug-likeness (QED) is 0.801. The molecule has 1 atom stereocenters. The standard InChI is InChI=1S/C13H26N2O/c1-5-13(3,14)12(16)15(4)11-8-6-10(2)7-9-11/h10-11H,5-9,14H2,1-4H3. The summed E-state index contributed by atoms with van der Waals surface area (Å²) in [4.78, 5) is 14.1. The van der Waals surface area contributed by atoms with E-state index in [1.807, 2.05) is 25.8 Å². The fourth-order valence-electron chi connectivity index (χ4n) is 2.35. The van der Waals surface area contributed by atoms with Crippen LogP contribution in [0.4, 0.5) is 0 Å². The molecule has 0 radical (unpaired) electrons. The van der Waals surface area contributed by atoms with Gasteiger partial charge in [-0.2, -0.15) is 0 Å². The van der Waals surface area contributed by atoms with E-state index in [1.54, 1.807) is 0 Å². The fourth-order valence-corrected chi connectivity index (χ4v) is 2.35. The maximum absolute atomic E-state index is 12.2. The molecule has 0 aromatic heterocycles. The summed E-state index contributed by atoms with van der Waals surface area (Å²) < 4.78 is 0. The van der Waals surface area contributed by atoms with E-state index < -0.39 is 5.54 Å². The Kier molecular flexibility index (Phi) is 4.36. The van der Waals surface area contributed by atoms with Crippen LogP contribution in [0.15, 0.2) is 0 Å². The molecule has 0 aromatic rings. The second kappa shape index (κ2) is 5.17. The lowest BCUT2D eigenvalue weighted by molar-refractivity contribution is -0.138. The van der Waals surface area contributed by atoms with Crippen LogP contribution < -0.4 is 5.73 Å². The first-order chi connectivity index (χ1) is 7.38. The molecule has 2 N–H and O–H groups in total. The summed E-state index contributed by atoms with van der Waals surface area (Å²) in [5, 5.41) is 0. The van der Waals surface area contributed by atoms with Crippen molar-refractivity contribution < 1.29 is 4.79 Å².